The maximum Gasteiger partial charge on any atom is 0.0627 e. The minimum absolute atomic E-state index is 0.340. The predicted molar refractivity (Wildman–Crippen MR) is 55.1 cm³/mol. The summed E-state index contributed by atoms with van der Waals surface area (Å²) in [4.78, 5) is 0. The predicted octanol–water partition coefficient (Wildman–Crippen LogP) is 3.75. The van der Waals surface area contributed by atoms with Crippen LogP contribution >= 0.6 is 0 Å². The third-order valence-corrected chi connectivity index (χ3v) is 3.95. The minimum Gasteiger partial charge on any atom is -0.198 e. The van der Waals surface area contributed by atoms with Crippen LogP contribution in [0.3, 0.4) is 0 Å². The summed E-state index contributed by atoms with van der Waals surface area (Å²) in [6.07, 6.45) is 6.06. The number of rotatable bonds is 4. The van der Waals surface area contributed by atoms with Gasteiger partial charge in [-0.2, -0.15) is 5.26 Å². The highest BCUT2D eigenvalue weighted by Crippen LogP contribution is 2.54. The van der Waals surface area contributed by atoms with Crippen molar-refractivity contribution < 1.29 is 0 Å². The Bertz CT molecular complexity index is 204. The van der Waals surface area contributed by atoms with Gasteiger partial charge in [0.05, 0.1) is 6.07 Å². The van der Waals surface area contributed by atoms with Crippen molar-refractivity contribution in [3.63, 3.8) is 0 Å². The van der Waals surface area contributed by atoms with Crippen LogP contribution in [0, 0.1) is 28.6 Å². The Morgan fingerprint density at radius 2 is 2.23 bits per heavy atom. The Morgan fingerprint density at radius 1 is 1.54 bits per heavy atom. The minimum atomic E-state index is 0.340. The molecule has 0 aromatic heterocycles. The molecule has 74 valence electrons. The fraction of sp³-hybridized carbons (Fsp3) is 0.917. The molecule has 0 amide bonds. The third-order valence-electron chi connectivity index (χ3n) is 3.95. The first-order valence-corrected chi connectivity index (χ1v) is 5.51. The first-order chi connectivity index (χ1) is 6.14. The molecule has 1 fully saturated rings. The normalized spacial score (nSPS) is 38.0. The highest BCUT2D eigenvalue weighted by molar-refractivity contribution is 5.00. The quantitative estimate of drug-likeness (QED) is 0.644. The number of hydrogen-bond donors (Lipinski definition) is 0. The second-order valence-corrected chi connectivity index (χ2v) is 4.88. The summed E-state index contributed by atoms with van der Waals surface area (Å²) in [6, 6.07) is 2.32. The van der Waals surface area contributed by atoms with Crippen LogP contribution in [-0.4, -0.2) is 0 Å². The van der Waals surface area contributed by atoms with Crippen LogP contribution in [0.25, 0.3) is 0 Å². The number of unbranched alkanes of at least 4 members (excludes halogenated alkanes) is 1. The summed E-state index contributed by atoms with van der Waals surface area (Å²) in [5.41, 5.74) is 0.340. The number of hydrogen-bond acceptors (Lipinski definition) is 1. The van der Waals surface area contributed by atoms with E-state index in [1.54, 1.807) is 0 Å². The average Bonchev–Trinajstić information content (AvgIpc) is 2.12. The average molecular weight is 179 g/mol. The standard InChI is InChI=1S/C12H21N/c1-4-5-6-11-9-12(3,7-8-13)10(11)2/h10-11H,4-7,9H2,1-3H3/t10-,11-,12+/m1/s1. The largest absolute Gasteiger partial charge is 0.198 e. The first-order valence-electron chi connectivity index (χ1n) is 5.51. The summed E-state index contributed by atoms with van der Waals surface area (Å²) in [5.74, 6) is 1.66. The highest BCUT2D eigenvalue weighted by atomic mass is 14.5. The maximum absolute atomic E-state index is 8.70. The molecule has 0 aliphatic heterocycles. The third kappa shape index (κ3) is 2.05. The van der Waals surface area contributed by atoms with E-state index in [0.717, 1.165) is 18.3 Å². The van der Waals surface area contributed by atoms with Crippen molar-refractivity contribution in [3.8, 4) is 6.07 Å². The van der Waals surface area contributed by atoms with E-state index in [1.807, 2.05) is 0 Å². The smallest absolute Gasteiger partial charge is 0.0627 e. The Labute approximate surface area is 82.1 Å². The fourth-order valence-corrected chi connectivity index (χ4v) is 2.60. The summed E-state index contributed by atoms with van der Waals surface area (Å²) in [5, 5.41) is 8.70. The van der Waals surface area contributed by atoms with Crippen molar-refractivity contribution >= 4 is 0 Å². The lowest BCUT2D eigenvalue weighted by atomic mass is 9.53. The Kier molecular flexibility index (Phi) is 3.36. The van der Waals surface area contributed by atoms with Gasteiger partial charge in [0.25, 0.3) is 0 Å². The van der Waals surface area contributed by atoms with Crippen molar-refractivity contribution in [2.45, 2.75) is 52.9 Å². The van der Waals surface area contributed by atoms with Crippen molar-refractivity contribution in [1.29, 1.82) is 5.26 Å². The lowest BCUT2D eigenvalue weighted by Gasteiger charge is -2.51. The summed E-state index contributed by atoms with van der Waals surface area (Å²) >= 11 is 0. The topological polar surface area (TPSA) is 23.8 Å². The molecule has 0 spiro atoms. The molecule has 1 aliphatic rings. The van der Waals surface area contributed by atoms with Crippen molar-refractivity contribution in [1.82, 2.24) is 0 Å². The van der Waals surface area contributed by atoms with Crippen LogP contribution in [0.5, 0.6) is 0 Å². The molecule has 1 saturated carbocycles. The van der Waals surface area contributed by atoms with E-state index >= 15 is 0 Å². The molecule has 1 heteroatoms. The van der Waals surface area contributed by atoms with Crippen molar-refractivity contribution in [2.24, 2.45) is 17.3 Å². The second kappa shape index (κ2) is 4.13. The molecule has 0 radical (unpaired) electrons. The van der Waals surface area contributed by atoms with Gasteiger partial charge >= 0.3 is 0 Å². The number of nitrogens with zero attached hydrogens (tertiary/aromatic N) is 1. The van der Waals surface area contributed by atoms with E-state index in [4.69, 9.17) is 5.26 Å². The molecule has 0 heterocycles. The van der Waals surface area contributed by atoms with Gasteiger partial charge in [-0.1, -0.05) is 40.0 Å². The van der Waals surface area contributed by atoms with Gasteiger partial charge in [0.1, 0.15) is 0 Å². The summed E-state index contributed by atoms with van der Waals surface area (Å²) < 4.78 is 0. The Hall–Kier alpha value is -0.510. The molecule has 13 heavy (non-hydrogen) atoms. The van der Waals surface area contributed by atoms with E-state index in [2.05, 4.69) is 26.8 Å². The fourth-order valence-electron chi connectivity index (χ4n) is 2.60. The van der Waals surface area contributed by atoms with Gasteiger partial charge in [0.2, 0.25) is 0 Å². The van der Waals surface area contributed by atoms with Gasteiger partial charge < -0.3 is 0 Å². The zero-order chi connectivity index (χ0) is 9.90. The molecule has 1 rings (SSSR count). The van der Waals surface area contributed by atoms with Gasteiger partial charge in [0, 0.05) is 6.42 Å². The van der Waals surface area contributed by atoms with Crippen LogP contribution in [0.15, 0.2) is 0 Å². The Morgan fingerprint density at radius 3 is 2.69 bits per heavy atom. The zero-order valence-electron chi connectivity index (χ0n) is 9.14. The van der Waals surface area contributed by atoms with Crippen LogP contribution < -0.4 is 0 Å². The molecule has 0 unspecified atom stereocenters. The van der Waals surface area contributed by atoms with Crippen molar-refractivity contribution in [2.75, 3.05) is 0 Å². The molecule has 3 atom stereocenters. The molecule has 0 saturated heterocycles. The molecule has 1 nitrogen and oxygen atoms in total. The molecule has 0 aromatic carbocycles. The molecule has 0 aromatic rings. The van der Waals surface area contributed by atoms with Crippen LogP contribution in [0.2, 0.25) is 0 Å². The van der Waals surface area contributed by atoms with Crippen molar-refractivity contribution in [3.05, 3.63) is 0 Å². The van der Waals surface area contributed by atoms with E-state index < -0.39 is 0 Å². The van der Waals surface area contributed by atoms with Crippen LogP contribution in [0.1, 0.15) is 52.9 Å². The SMILES string of the molecule is CCCC[C@@H]1C[C@](C)(CC#N)[C@@H]1C. The van der Waals surface area contributed by atoms with E-state index in [-0.39, 0.29) is 0 Å². The number of nitriles is 1. The van der Waals surface area contributed by atoms with Gasteiger partial charge in [-0.15, -0.1) is 0 Å². The molecule has 1 aliphatic carbocycles. The molecular weight excluding hydrogens is 158 g/mol. The van der Waals surface area contributed by atoms with Gasteiger partial charge in [0.15, 0.2) is 0 Å². The van der Waals surface area contributed by atoms with Gasteiger partial charge in [-0.3, -0.25) is 0 Å². The zero-order valence-corrected chi connectivity index (χ0v) is 9.14. The highest BCUT2D eigenvalue weighted by Gasteiger charge is 2.46. The lowest BCUT2D eigenvalue weighted by Crippen LogP contribution is -2.43. The van der Waals surface area contributed by atoms with E-state index in [0.29, 0.717) is 5.41 Å². The van der Waals surface area contributed by atoms with Crippen LogP contribution in [0.4, 0.5) is 0 Å². The molecule has 0 N–H and O–H groups in total. The maximum atomic E-state index is 8.70. The first kappa shape index (κ1) is 10.6. The lowest BCUT2D eigenvalue weighted by molar-refractivity contribution is -0.0161. The van der Waals surface area contributed by atoms with E-state index in [1.165, 1.54) is 25.7 Å². The Balaban J connectivity index is 2.34. The second-order valence-electron chi connectivity index (χ2n) is 4.88. The monoisotopic (exact) mass is 179 g/mol. The summed E-state index contributed by atoms with van der Waals surface area (Å²) in [6.45, 7) is 6.84. The molecule has 0 bridgehead atoms. The van der Waals surface area contributed by atoms with E-state index in [9.17, 15) is 0 Å². The summed E-state index contributed by atoms with van der Waals surface area (Å²) in [7, 11) is 0. The van der Waals surface area contributed by atoms with Gasteiger partial charge in [-0.05, 0) is 23.7 Å². The van der Waals surface area contributed by atoms with Crippen LogP contribution in [-0.2, 0) is 0 Å². The van der Waals surface area contributed by atoms with Gasteiger partial charge in [-0.25, -0.2) is 0 Å². The molecular formula is C12H21N.